The van der Waals surface area contributed by atoms with E-state index in [1.54, 1.807) is 12.3 Å². The predicted molar refractivity (Wildman–Crippen MR) is 54.1 cm³/mol. The number of hydrogen-bond acceptors (Lipinski definition) is 5. The van der Waals surface area contributed by atoms with E-state index in [1.165, 1.54) is 6.21 Å². The van der Waals surface area contributed by atoms with Crippen LogP contribution in [0.1, 0.15) is 5.69 Å². The second-order valence-corrected chi connectivity index (χ2v) is 2.64. The van der Waals surface area contributed by atoms with Crippen molar-refractivity contribution in [2.45, 2.75) is 0 Å². The SMILES string of the molecule is O=c1ncnc(N=Cc2ccccn2)[nH]1. The summed E-state index contributed by atoms with van der Waals surface area (Å²) in [5.41, 5.74) is 0.218. The Kier molecular flexibility index (Phi) is 2.59. The van der Waals surface area contributed by atoms with Crippen molar-refractivity contribution in [2.24, 2.45) is 4.99 Å². The Morgan fingerprint density at radius 3 is 2.93 bits per heavy atom. The van der Waals surface area contributed by atoms with Crippen LogP contribution in [0.25, 0.3) is 0 Å². The maximum atomic E-state index is 10.8. The molecular weight excluding hydrogens is 194 g/mol. The Morgan fingerprint density at radius 1 is 1.27 bits per heavy atom. The van der Waals surface area contributed by atoms with E-state index in [0.717, 1.165) is 6.33 Å². The molecule has 0 aromatic carbocycles. The molecule has 0 aliphatic carbocycles. The maximum absolute atomic E-state index is 10.8. The van der Waals surface area contributed by atoms with E-state index < -0.39 is 5.69 Å². The van der Waals surface area contributed by atoms with Crippen LogP contribution in [-0.2, 0) is 0 Å². The van der Waals surface area contributed by atoms with Gasteiger partial charge >= 0.3 is 5.69 Å². The Bertz CT molecular complexity index is 519. The molecule has 0 aliphatic rings. The first-order chi connectivity index (χ1) is 7.34. The summed E-state index contributed by atoms with van der Waals surface area (Å²) in [6.07, 6.45) is 4.33. The van der Waals surface area contributed by atoms with Gasteiger partial charge in [-0.15, -0.1) is 0 Å². The van der Waals surface area contributed by atoms with Crippen LogP contribution in [0.3, 0.4) is 0 Å². The van der Waals surface area contributed by atoms with Gasteiger partial charge in [-0.05, 0) is 12.1 Å². The minimum Gasteiger partial charge on any atom is -0.274 e. The first-order valence-electron chi connectivity index (χ1n) is 4.21. The third-order valence-electron chi connectivity index (χ3n) is 1.58. The number of pyridine rings is 1. The van der Waals surface area contributed by atoms with E-state index in [0.29, 0.717) is 5.69 Å². The van der Waals surface area contributed by atoms with E-state index in [4.69, 9.17) is 0 Å². The quantitative estimate of drug-likeness (QED) is 0.708. The zero-order valence-electron chi connectivity index (χ0n) is 7.66. The van der Waals surface area contributed by atoms with E-state index in [-0.39, 0.29) is 5.95 Å². The van der Waals surface area contributed by atoms with Crippen LogP contribution in [0.15, 0.2) is 40.5 Å². The Labute approximate surface area is 84.8 Å². The lowest BCUT2D eigenvalue weighted by atomic mass is 10.4. The average molecular weight is 201 g/mol. The normalized spacial score (nSPS) is 10.7. The molecule has 2 rings (SSSR count). The smallest absolute Gasteiger partial charge is 0.274 e. The van der Waals surface area contributed by atoms with Crippen LogP contribution < -0.4 is 5.69 Å². The lowest BCUT2D eigenvalue weighted by Crippen LogP contribution is -2.09. The van der Waals surface area contributed by atoms with Crippen molar-refractivity contribution in [3.05, 3.63) is 46.9 Å². The summed E-state index contributed by atoms with van der Waals surface area (Å²) in [4.78, 5) is 28.3. The van der Waals surface area contributed by atoms with Gasteiger partial charge in [0.15, 0.2) is 0 Å². The molecule has 0 atom stereocenters. The van der Waals surface area contributed by atoms with E-state index in [9.17, 15) is 4.79 Å². The molecule has 0 bridgehead atoms. The predicted octanol–water partition coefficient (Wildman–Crippen LogP) is 0.311. The van der Waals surface area contributed by atoms with Crippen LogP contribution >= 0.6 is 0 Å². The zero-order valence-corrected chi connectivity index (χ0v) is 7.66. The van der Waals surface area contributed by atoms with Crippen LogP contribution in [0.5, 0.6) is 0 Å². The first kappa shape index (κ1) is 9.20. The van der Waals surface area contributed by atoms with Crippen molar-refractivity contribution in [3.8, 4) is 0 Å². The molecule has 0 fully saturated rings. The van der Waals surface area contributed by atoms with E-state index in [2.05, 4.69) is 24.9 Å². The molecule has 74 valence electrons. The van der Waals surface area contributed by atoms with E-state index >= 15 is 0 Å². The molecule has 6 nitrogen and oxygen atoms in total. The molecule has 0 saturated carbocycles. The molecule has 0 spiro atoms. The topological polar surface area (TPSA) is 83.9 Å². The molecule has 0 amide bonds. The molecule has 0 unspecified atom stereocenters. The van der Waals surface area contributed by atoms with Gasteiger partial charge in [-0.1, -0.05) is 6.07 Å². The van der Waals surface area contributed by atoms with Crippen LogP contribution in [-0.4, -0.2) is 26.2 Å². The summed E-state index contributed by atoms with van der Waals surface area (Å²) < 4.78 is 0. The minimum absolute atomic E-state index is 0.209. The number of aromatic nitrogens is 4. The minimum atomic E-state index is -0.474. The molecule has 0 radical (unpaired) electrons. The van der Waals surface area contributed by atoms with Crippen LogP contribution in [0.2, 0.25) is 0 Å². The van der Waals surface area contributed by atoms with E-state index in [1.807, 2.05) is 12.1 Å². The third kappa shape index (κ3) is 2.53. The van der Waals surface area contributed by atoms with Crippen molar-refractivity contribution in [1.82, 2.24) is 19.9 Å². The molecular formula is C9H7N5O. The van der Waals surface area contributed by atoms with Gasteiger partial charge in [0, 0.05) is 6.20 Å². The largest absolute Gasteiger partial charge is 0.349 e. The maximum Gasteiger partial charge on any atom is 0.349 e. The fourth-order valence-electron chi connectivity index (χ4n) is 0.941. The number of hydrogen-bond donors (Lipinski definition) is 1. The van der Waals surface area contributed by atoms with Crippen LogP contribution in [0.4, 0.5) is 5.95 Å². The highest BCUT2D eigenvalue weighted by molar-refractivity contribution is 5.78. The summed E-state index contributed by atoms with van der Waals surface area (Å²) in [6.45, 7) is 0. The summed E-state index contributed by atoms with van der Waals surface area (Å²) in [6, 6.07) is 5.45. The highest BCUT2D eigenvalue weighted by Gasteiger charge is 1.91. The second-order valence-electron chi connectivity index (χ2n) is 2.64. The molecule has 1 N–H and O–H groups in total. The molecule has 15 heavy (non-hydrogen) atoms. The van der Waals surface area contributed by atoms with Crippen molar-refractivity contribution >= 4 is 12.2 Å². The van der Waals surface area contributed by atoms with Crippen molar-refractivity contribution in [2.75, 3.05) is 0 Å². The van der Waals surface area contributed by atoms with Gasteiger partial charge in [-0.3, -0.25) is 9.97 Å². The lowest BCUT2D eigenvalue weighted by molar-refractivity contribution is 0.980. The van der Waals surface area contributed by atoms with Crippen molar-refractivity contribution < 1.29 is 0 Å². The molecule has 6 heteroatoms. The fourth-order valence-corrected chi connectivity index (χ4v) is 0.941. The van der Waals surface area contributed by atoms with Gasteiger partial charge in [0.05, 0.1) is 11.9 Å². The summed E-state index contributed by atoms with van der Waals surface area (Å²) in [7, 11) is 0. The molecule has 2 aromatic rings. The van der Waals surface area contributed by atoms with Crippen LogP contribution in [0, 0.1) is 0 Å². The number of nitrogens with one attached hydrogen (secondary N) is 1. The van der Waals surface area contributed by atoms with Gasteiger partial charge in [-0.25, -0.2) is 14.8 Å². The van der Waals surface area contributed by atoms with Gasteiger partial charge in [0.25, 0.3) is 0 Å². The standard InChI is InChI=1S/C9H7N5O/c15-9-13-6-12-8(14-9)11-5-7-3-1-2-4-10-7/h1-6H,(H,12,13,14,15). The molecule has 0 saturated heterocycles. The fraction of sp³-hybridized carbons (Fsp3) is 0. The van der Waals surface area contributed by atoms with Gasteiger partial charge < -0.3 is 0 Å². The summed E-state index contributed by atoms with van der Waals surface area (Å²) >= 11 is 0. The number of aromatic amines is 1. The lowest BCUT2D eigenvalue weighted by Gasteiger charge is -1.90. The second kappa shape index (κ2) is 4.23. The highest BCUT2D eigenvalue weighted by Crippen LogP contribution is 1.96. The monoisotopic (exact) mass is 201 g/mol. The van der Waals surface area contributed by atoms with Gasteiger partial charge in [0.2, 0.25) is 5.95 Å². The first-order valence-corrected chi connectivity index (χ1v) is 4.21. The number of H-pyrrole nitrogens is 1. The van der Waals surface area contributed by atoms with Crippen molar-refractivity contribution in [1.29, 1.82) is 0 Å². The molecule has 0 aliphatic heterocycles. The van der Waals surface area contributed by atoms with Gasteiger partial charge in [0.1, 0.15) is 6.33 Å². The average Bonchev–Trinajstić information content (AvgIpc) is 2.28. The highest BCUT2D eigenvalue weighted by atomic mass is 16.1. The third-order valence-corrected chi connectivity index (χ3v) is 1.58. The summed E-state index contributed by atoms with van der Waals surface area (Å²) in [5.74, 6) is 0.209. The Balaban J connectivity index is 2.23. The zero-order chi connectivity index (χ0) is 10.5. The number of nitrogens with zero attached hydrogens (tertiary/aromatic N) is 4. The Morgan fingerprint density at radius 2 is 2.20 bits per heavy atom. The number of aliphatic imine (C=N–C) groups is 1. The van der Waals surface area contributed by atoms with Crippen molar-refractivity contribution in [3.63, 3.8) is 0 Å². The molecule has 2 aromatic heterocycles. The Hall–Kier alpha value is -2.37. The number of rotatable bonds is 2. The summed E-state index contributed by atoms with van der Waals surface area (Å²) in [5, 5.41) is 0. The molecule has 2 heterocycles. The van der Waals surface area contributed by atoms with Gasteiger partial charge in [-0.2, -0.15) is 4.98 Å².